The van der Waals surface area contributed by atoms with Gasteiger partial charge in [0.1, 0.15) is 13.2 Å². The minimum absolute atomic E-state index is 0.00328. The molecule has 0 N–H and O–H groups in total. The Bertz CT molecular complexity index is 1450. The van der Waals surface area contributed by atoms with E-state index in [-0.39, 0.29) is 18.0 Å². The van der Waals surface area contributed by atoms with Crippen LogP contribution in [0.1, 0.15) is 41.9 Å². The Morgan fingerprint density at radius 2 is 1.78 bits per heavy atom. The molecule has 190 valence electrons. The third kappa shape index (κ3) is 4.31. The van der Waals surface area contributed by atoms with Gasteiger partial charge >= 0.3 is 0 Å². The molecule has 0 radical (unpaired) electrons. The first kappa shape index (κ1) is 23.5. The summed E-state index contributed by atoms with van der Waals surface area (Å²) in [6, 6.07) is 18.1. The molecule has 1 amide bonds. The number of ether oxygens (including phenoxy) is 2. The maximum atomic E-state index is 14.3. The monoisotopic (exact) mass is 497 g/mol. The predicted molar refractivity (Wildman–Crippen MR) is 142 cm³/mol. The van der Waals surface area contributed by atoms with Crippen molar-refractivity contribution in [1.82, 2.24) is 24.6 Å². The number of hydrogen-bond acceptors (Lipinski definition) is 6. The Kier molecular flexibility index (Phi) is 6.04. The van der Waals surface area contributed by atoms with Gasteiger partial charge in [-0.25, -0.2) is 9.67 Å². The smallest absolute Gasteiger partial charge is 0.255 e. The molecule has 0 bridgehead atoms. The minimum Gasteiger partial charge on any atom is -0.486 e. The molecule has 0 spiro atoms. The van der Waals surface area contributed by atoms with Crippen LogP contribution in [-0.2, 0) is 0 Å². The molecule has 1 atom stereocenters. The van der Waals surface area contributed by atoms with Crippen molar-refractivity contribution in [2.75, 3.05) is 39.9 Å². The van der Waals surface area contributed by atoms with E-state index >= 15 is 0 Å². The molecule has 6 rings (SSSR count). The molecular weight excluding hydrogens is 466 g/mol. The van der Waals surface area contributed by atoms with Crippen molar-refractivity contribution in [2.45, 2.75) is 25.9 Å². The quantitative estimate of drug-likeness (QED) is 0.411. The molecule has 4 heterocycles. The molecule has 8 nitrogen and oxygen atoms in total. The lowest BCUT2D eigenvalue weighted by Gasteiger charge is -2.40. The molecule has 2 aromatic heterocycles. The van der Waals surface area contributed by atoms with Crippen LogP contribution >= 0.6 is 0 Å². The van der Waals surface area contributed by atoms with Gasteiger partial charge in [-0.3, -0.25) is 4.79 Å². The van der Waals surface area contributed by atoms with Gasteiger partial charge in [-0.1, -0.05) is 30.3 Å². The van der Waals surface area contributed by atoms with Gasteiger partial charge in [-0.15, -0.1) is 0 Å². The summed E-state index contributed by atoms with van der Waals surface area (Å²) in [5.41, 5.74) is 4.04. The average Bonchev–Trinajstić information content (AvgIpc) is 3.37. The van der Waals surface area contributed by atoms with E-state index in [1.54, 1.807) is 6.20 Å². The topological polar surface area (TPSA) is 72.7 Å². The third-order valence-corrected chi connectivity index (χ3v) is 7.15. The van der Waals surface area contributed by atoms with Crippen LogP contribution in [0.2, 0.25) is 0 Å². The first-order valence-corrected chi connectivity index (χ1v) is 12.8. The van der Waals surface area contributed by atoms with Gasteiger partial charge in [0.2, 0.25) is 0 Å². The predicted octanol–water partition coefficient (Wildman–Crippen LogP) is 4.58. The fourth-order valence-electron chi connectivity index (χ4n) is 5.20. The van der Waals surface area contributed by atoms with Gasteiger partial charge in [-0.2, -0.15) is 5.10 Å². The summed E-state index contributed by atoms with van der Waals surface area (Å²) >= 11 is 0. The van der Waals surface area contributed by atoms with Crippen molar-refractivity contribution in [3.8, 4) is 22.8 Å². The highest BCUT2D eigenvalue weighted by molar-refractivity contribution is 6.06. The Morgan fingerprint density at radius 1 is 1.00 bits per heavy atom. The van der Waals surface area contributed by atoms with Crippen molar-refractivity contribution in [1.29, 1.82) is 0 Å². The lowest BCUT2D eigenvalue weighted by Crippen LogP contribution is -2.49. The summed E-state index contributed by atoms with van der Waals surface area (Å²) in [6.07, 6.45) is 1.77. The fraction of sp³-hybridized carbons (Fsp3) is 0.345. The molecule has 2 aromatic carbocycles. The maximum absolute atomic E-state index is 14.3. The average molecular weight is 498 g/mol. The number of likely N-dealkylation sites (N-methyl/N-ethyl adjacent to an activating group) is 1. The molecule has 37 heavy (non-hydrogen) atoms. The number of rotatable bonds is 4. The van der Waals surface area contributed by atoms with Crippen LogP contribution in [0, 0.1) is 0 Å². The summed E-state index contributed by atoms with van der Waals surface area (Å²) in [7, 11) is 2.11. The summed E-state index contributed by atoms with van der Waals surface area (Å²) in [4.78, 5) is 23.6. The van der Waals surface area contributed by atoms with Crippen molar-refractivity contribution < 1.29 is 14.3 Å². The lowest BCUT2D eigenvalue weighted by molar-refractivity contribution is 0.0500. The number of fused-ring (bicyclic) bond motifs is 2. The summed E-state index contributed by atoms with van der Waals surface area (Å²) in [6.45, 7) is 7.44. The van der Waals surface area contributed by atoms with E-state index in [2.05, 4.69) is 43.0 Å². The second kappa shape index (κ2) is 9.52. The van der Waals surface area contributed by atoms with Crippen LogP contribution in [0.25, 0.3) is 22.3 Å². The van der Waals surface area contributed by atoms with Crippen molar-refractivity contribution in [3.05, 3.63) is 71.9 Å². The van der Waals surface area contributed by atoms with Gasteiger partial charge in [-0.05, 0) is 50.7 Å². The van der Waals surface area contributed by atoms with Crippen LogP contribution in [0.5, 0.6) is 11.5 Å². The van der Waals surface area contributed by atoms with E-state index in [0.717, 1.165) is 35.4 Å². The Morgan fingerprint density at radius 3 is 2.57 bits per heavy atom. The molecule has 4 aromatic rings. The molecule has 2 aliphatic heterocycles. The summed E-state index contributed by atoms with van der Waals surface area (Å²) in [5, 5.41) is 5.38. The number of carbonyl (C=O) groups excluding carboxylic acids is 1. The highest BCUT2D eigenvalue weighted by Gasteiger charge is 2.32. The normalized spacial score (nSPS) is 17.9. The third-order valence-electron chi connectivity index (χ3n) is 7.15. The number of amides is 1. The zero-order valence-electron chi connectivity index (χ0n) is 21.4. The standard InChI is InChI=1S/C29H31N5O3/c1-19(2)34-28-23(17-30-34)22(16-24(31-28)21-9-10-26-27(15-21)37-14-13-36-26)29(35)33-12-11-32(3)18-25(33)20-7-5-4-6-8-20/h4-10,15-17,19,25H,11-14,18H2,1-3H3. The van der Waals surface area contributed by atoms with Gasteiger partial charge in [0.15, 0.2) is 17.1 Å². The molecule has 0 saturated carbocycles. The number of piperazine rings is 1. The first-order valence-electron chi connectivity index (χ1n) is 12.8. The molecule has 1 unspecified atom stereocenters. The number of nitrogens with zero attached hydrogens (tertiary/aromatic N) is 5. The van der Waals surface area contributed by atoms with Gasteiger partial charge in [0, 0.05) is 31.2 Å². The Hall–Kier alpha value is -3.91. The van der Waals surface area contributed by atoms with Crippen LogP contribution < -0.4 is 9.47 Å². The fourth-order valence-corrected chi connectivity index (χ4v) is 5.20. The minimum atomic E-state index is -0.0337. The zero-order chi connectivity index (χ0) is 25.5. The number of aromatic nitrogens is 3. The van der Waals surface area contributed by atoms with E-state index in [4.69, 9.17) is 14.5 Å². The van der Waals surface area contributed by atoms with Gasteiger partial charge < -0.3 is 19.3 Å². The molecule has 8 heteroatoms. The van der Waals surface area contributed by atoms with E-state index in [0.29, 0.717) is 42.4 Å². The molecule has 0 aliphatic carbocycles. The van der Waals surface area contributed by atoms with Gasteiger partial charge in [0.25, 0.3) is 5.91 Å². The summed E-state index contributed by atoms with van der Waals surface area (Å²) < 4.78 is 13.4. The van der Waals surface area contributed by atoms with E-state index < -0.39 is 0 Å². The van der Waals surface area contributed by atoms with Crippen LogP contribution in [0.4, 0.5) is 0 Å². The number of benzene rings is 2. The second-order valence-corrected chi connectivity index (χ2v) is 10.0. The van der Waals surface area contributed by atoms with Crippen molar-refractivity contribution in [3.63, 3.8) is 0 Å². The molecule has 2 aliphatic rings. The highest BCUT2D eigenvalue weighted by atomic mass is 16.6. The number of hydrogen-bond donors (Lipinski definition) is 0. The SMILES string of the molecule is CC(C)n1ncc2c(C(=O)N3CCN(C)CC3c3ccccc3)cc(-c3ccc4c(c3)OCCO4)nc21. The Labute approximate surface area is 216 Å². The van der Waals surface area contributed by atoms with Crippen molar-refractivity contribution >= 4 is 16.9 Å². The van der Waals surface area contributed by atoms with Crippen LogP contribution in [0.15, 0.2) is 60.8 Å². The largest absolute Gasteiger partial charge is 0.486 e. The first-order chi connectivity index (χ1) is 18.0. The van der Waals surface area contributed by atoms with E-state index in [1.807, 2.05) is 52.0 Å². The van der Waals surface area contributed by atoms with Crippen molar-refractivity contribution in [2.24, 2.45) is 0 Å². The van der Waals surface area contributed by atoms with Crippen LogP contribution in [0.3, 0.4) is 0 Å². The molecule has 1 fully saturated rings. The lowest BCUT2D eigenvalue weighted by atomic mass is 10.00. The molecular formula is C29H31N5O3. The second-order valence-electron chi connectivity index (χ2n) is 10.0. The summed E-state index contributed by atoms with van der Waals surface area (Å²) in [5.74, 6) is 1.42. The maximum Gasteiger partial charge on any atom is 0.255 e. The Balaban J connectivity index is 1.47. The zero-order valence-corrected chi connectivity index (χ0v) is 21.4. The number of pyridine rings is 1. The molecule has 1 saturated heterocycles. The highest BCUT2D eigenvalue weighted by Crippen LogP contribution is 2.36. The number of carbonyl (C=O) groups is 1. The van der Waals surface area contributed by atoms with E-state index in [1.165, 1.54) is 0 Å². The van der Waals surface area contributed by atoms with Crippen LogP contribution in [-0.4, -0.2) is 70.4 Å². The van der Waals surface area contributed by atoms with Gasteiger partial charge in [0.05, 0.1) is 28.9 Å². The van der Waals surface area contributed by atoms with E-state index in [9.17, 15) is 4.79 Å².